The zero-order valence-electron chi connectivity index (χ0n) is 20.0. The third-order valence-corrected chi connectivity index (χ3v) is 7.80. The number of likely N-dealkylation sites (tertiary alicyclic amines) is 2. The van der Waals surface area contributed by atoms with Gasteiger partial charge in [-0.05, 0) is 55.0 Å². The van der Waals surface area contributed by atoms with Gasteiger partial charge in [0, 0.05) is 32.1 Å². The highest BCUT2D eigenvalue weighted by Crippen LogP contribution is 2.31. The van der Waals surface area contributed by atoms with E-state index in [1.165, 1.54) is 17.7 Å². The normalized spacial score (nSPS) is 25.0. The van der Waals surface area contributed by atoms with Gasteiger partial charge in [0.1, 0.15) is 5.54 Å². The Labute approximate surface area is 201 Å². The fraction of sp³-hybridized carbons (Fsp3) is 0.519. The summed E-state index contributed by atoms with van der Waals surface area (Å²) in [5, 5.41) is 5.06. The van der Waals surface area contributed by atoms with Crippen molar-refractivity contribution in [2.45, 2.75) is 51.0 Å². The van der Waals surface area contributed by atoms with Gasteiger partial charge in [0.25, 0.3) is 5.91 Å². The number of urea groups is 1. The molecule has 0 spiro atoms. The van der Waals surface area contributed by atoms with Crippen molar-refractivity contribution in [2.75, 3.05) is 32.8 Å². The molecule has 7 heteroatoms. The Hall–Kier alpha value is -2.93. The van der Waals surface area contributed by atoms with Crippen LogP contribution in [0.1, 0.15) is 51.0 Å². The van der Waals surface area contributed by atoms with Gasteiger partial charge in [0.05, 0.1) is 6.67 Å². The van der Waals surface area contributed by atoms with Crippen LogP contribution < -0.4 is 5.32 Å². The van der Waals surface area contributed by atoms with E-state index >= 15 is 0 Å². The van der Waals surface area contributed by atoms with E-state index in [1.54, 1.807) is 6.92 Å². The van der Waals surface area contributed by atoms with E-state index in [0.717, 1.165) is 55.1 Å². The predicted octanol–water partition coefficient (Wildman–Crippen LogP) is 3.68. The second-order valence-electron chi connectivity index (χ2n) is 10.1. The average molecular weight is 463 g/mol. The van der Waals surface area contributed by atoms with Gasteiger partial charge in [-0.1, -0.05) is 49.2 Å². The van der Waals surface area contributed by atoms with Gasteiger partial charge in [-0.2, -0.15) is 0 Å². The van der Waals surface area contributed by atoms with E-state index in [1.807, 2.05) is 42.5 Å². The number of hydrogen-bond donors (Lipinski definition) is 1. The van der Waals surface area contributed by atoms with Crippen LogP contribution in [0.5, 0.6) is 0 Å². The molecule has 2 aromatic carbocycles. The van der Waals surface area contributed by atoms with Crippen molar-refractivity contribution < 1.29 is 14.4 Å². The molecular formula is C27H34N4O3. The molecule has 3 aliphatic rings. The molecule has 1 atom stereocenters. The molecule has 0 aromatic heterocycles. The maximum Gasteiger partial charge on any atom is 0.326 e. The van der Waals surface area contributed by atoms with E-state index in [-0.39, 0.29) is 24.5 Å². The summed E-state index contributed by atoms with van der Waals surface area (Å²) in [5.41, 5.74) is -0.295. The quantitative estimate of drug-likeness (QED) is 0.704. The first kappa shape index (κ1) is 22.8. The van der Waals surface area contributed by atoms with Crippen LogP contribution >= 0.6 is 0 Å². The second-order valence-corrected chi connectivity index (χ2v) is 10.1. The van der Waals surface area contributed by atoms with Gasteiger partial charge < -0.3 is 10.2 Å². The first-order chi connectivity index (χ1) is 16.5. The van der Waals surface area contributed by atoms with Crippen LogP contribution in [-0.4, -0.2) is 65.4 Å². The minimum Gasteiger partial charge on any atom is -0.342 e. The van der Waals surface area contributed by atoms with Gasteiger partial charge in [-0.3, -0.25) is 14.5 Å². The van der Waals surface area contributed by atoms with Crippen molar-refractivity contribution in [3.63, 3.8) is 0 Å². The third kappa shape index (κ3) is 4.29. The highest BCUT2D eigenvalue weighted by molar-refractivity contribution is 6.07. The molecule has 0 radical (unpaired) electrons. The fourth-order valence-electron chi connectivity index (χ4n) is 5.59. The standard InChI is InChI=1S/C27H34N4O3/c1-27(23-11-10-20-8-4-5-9-22(20)18-23)25(33)31(26(34)28-27)19-29-16-12-21(13-17-29)24(32)30-14-6-2-3-7-15-30/h4-5,8-11,18,21H,2-3,6-7,12-17,19H2,1H3,(H,28,34). The summed E-state index contributed by atoms with van der Waals surface area (Å²) < 4.78 is 0. The van der Waals surface area contributed by atoms with Gasteiger partial charge in [0.2, 0.25) is 5.91 Å². The number of fused-ring (bicyclic) bond motifs is 1. The summed E-state index contributed by atoms with van der Waals surface area (Å²) in [6.45, 7) is 5.24. The topological polar surface area (TPSA) is 73.0 Å². The molecule has 1 unspecified atom stereocenters. The van der Waals surface area contributed by atoms with Crippen molar-refractivity contribution >= 4 is 28.6 Å². The number of carbonyl (C=O) groups is 3. The maximum atomic E-state index is 13.4. The second kappa shape index (κ2) is 9.37. The van der Waals surface area contributed by atoms with Crippen molar-refractivity contribution in [3.05, 3.63) is 48.0 Å². The van der Waals surface area contributed by atoms with E-state index < -0.39 is 5.54 Å². The SMILES string of the molecule is CC1(c2ccc3ccccc3c2)NC(=O)N(CN2CCC(C(=O)N3CCCCCC3)CC2)C1=O. The number of amides is 4. The molecule has 180 valence electrons. The molecule has 3 fully saturated rings. The molecule has 3 saturated heterocycles. The van der Waals surface area contributed by atoms with Crippen LogP contribution in [0, 0.1) is 5.92 Å². The molecule has 0 bridgehead atoms. The fourth-order valence-corrected chi connectivity index (χ4v) is 5.59. The molecule has 3 heterocycles. The number of nitrogens with zero attached hydrogens (tertiary/aromatic N) is 3. The Morgan fingerprint density at radius 3 is 2.32 bits per heavy atom. The maximum absolute atomic E-state index is 13.4. The Morgan fingerprint density at radius 1 is 0.941 bits per heavy atom. The first-order valence-electron chi connectivity index (χ1n) is 12.6. The molecule has 7 nitrogen and oxygen atoms in total. The van der Waals surface area contributed by atoms with Crippen molar-refractivity contribution in [1.82, 2.24) is 20.0 Å². The number of nitrogens with one attached hydrogen (secondary N) is 1. The van der Waals surface area contributed by atoms with Crippen LogP contribution in [0.25, 0.3) is 10.8 Å². The van der Waals surface area contributed by atoms with E-state index in [9.17, 15) is 14.4 Å². The van der Waals surface area contributed by atoms with Gasteiger partial charge >= 0.3 is 6.03 Å². The van der Waals surface area contributed by atoms with Gasteiger partial charge in [-0.15, -0.1) is 0 Å². The zero-order chi connectivity index (χ0) is 23.7. The lowest BCUT2D eigenvalue weighted by Crippen LogP contribution is -2.48. The highest BCUT2D eigenvalue weighted by Gasteiger charge is 2.49. The largest absolute Gasteiger partial charge is 0.342 e. The van der Waals surface area contributed by atoms with Crippen LogP contribution in [0.3, 0.4) is 0 Å². The molecule has 4 amide bonds. The number of piperidine rings is 1. The molecule has 0 aliphatic carbocycles. The van der Waals surface area contributed by atoms with Gasteiger partial charge in [-0.25, -0.2) is 9.69 Å². The monoisotopic (exact) mass is 462 g/mol. The van der Waals surface area contributed by atoms with E-state index in [2.05, 4.69) is 15.1 Å². The average Bonchev–Trinajstić information content (AvgIpc) is 3.05. The minimum atomic E-state index is -1.08. The van der Waals surface area contributed by atoms with Crippen LogP contribution in [0.2, 0.25) is 0 Å². The van der Waals surface area contributed by atoms with E-state index in [4.69, 9.17) is 0 Å². The van der Waals surface area contributed by atoms with Crippen molar-refractivity contribution in [2.24, 2.45) is 5.92 Å². The zero-order valence-corrected chi connectivity index (χ0v) is 20.0. The lowest BCUT2D eigenvalue weighted by molar-refractivity contribution is -0.138. The molecule has 0 saturated carbocycles. The number of imide groups is 1. The number of carbonyl (C=O) groups excluding carboxylic acids is 3. The van der Waals surface area contributed by atoms with Crippen molar-refractivity contribution in [1.29, 1.82) is 0 Å². The molecule has 34 heavy (non-hydrogen) atoms. The molecule has 5 rings (SSSR count). The van der Waals surface area contributed by atoms with Crippen molar-refractivity contribution in [3.8, 4) is 0 Å². The third-order valence-electron chi connectivity index (χ3n) is 7.80. The summed E-state index contributed by atoms with van der Waals surface area (Å²) in [7, 11) is 0. The molecule has 1 N–H and O–H groups in total. The number of benzene rings is 2. The predicted molar refractivity (Wildman–Crippen MR) is 131 cm³/mol. The Kier molecular flexibility index (Phi) is 6.30. The summed E-state index contributed by atoms with van der Waals surface area (Å²) in [4.78, 5) is 44.7. The smallest absolute Gasteiger partial charge is 0.326 e. The Bertz CT molecular complexity index is 1090. The molecular weight excluding hydrogens is 428 g/mol. The number of rotatable bonds is 4. The Balaban J connectivity index is 1.22. The van der Waals surface area contributed by atoms with Gasteiger partial charge in [0.15, 0.2) is 0 Å². The van der Waals surface area contributed by atoms with Crippen LogP contribution in [0.4, 0.5) is 4.79 Å². The van der Waals surface area contributed by atoms with Crippen LogP contribution in [-0.2, 0) is 15.1 Å². The Morgan fingerprint density at radius 2 is 1.62 bits per heavy atom. The number of hydrogen-bond acceptors (Lipinski definition) is 4. The lowest BCUT2D eigenvalue weighted by atomic mass is 9.90. The summed E-state index contributed by atoms with van der Waals surface area (Å²) in [6.07, 6.45) is 6.19. The van der Waals surface area contributed by atoms with E-state index in [0.29, 0.717) is 19.0 Å². The summed E-state index contributed by atoms with van der Waals surface area (Å²) >= 11 is 0. The lowest BCUT2D eigenvalue weighted by Gasteiger charge is -2.35. The summed E-state index contributed by atoms with van der Waals surface area (Å²) in [5.74, 6) is 0.122. The van der Waals surface area contributed by atoms with Crippen LogP contribution in [0.15, 0.2) is 42.5 Å². The minimum absolute atomic E-state index is 0.0559. The highest BCUT2D eigenvalue weighted by atomic mass is 16.2. The molecule has 2 aromatic rings. The molecule has 3 aliphatic heterocycles. The first-order valence-corrected chi connectivity index (χ1v) is 12.6. The summed E-state index contributed by atoms with van der Waals surface area (Å²) in [6, 6.07) is 13.5.